The summed E-state index contributed by atoms with van der Waals surface area (Å²) < 4.78 is 0. The molecule has 20 heavy (non-hydrogen) atoms. The first-order valence-electron chi connectivity index (χ1n) is 8.49. The van der Waals surface area contributed by atoms with E-state index in [1.807, 2.05) is 0 Å². The van der Waals surface area contributed by atoms with Gasteiger partial charge in [-0.15, -0.1) is 0 Å². The van der Waals surface area contributed by atoms with Gasteiger partial charge in [0.1, 0.15) is 0 Å². The zero-order chi connectivity index (χ0) is 14.8. The summed E-state index contributed by atoms with van der Waals surface area (Å²) in [5, 5.41) is 3.65. The minimum atomic E-state index is 0.627. The van der Waals surface area contributed by atoms with Gasteiger partial charge in [0.15, 0.2) is 0 Å². The van der Waals surface area contributed by atoms with Gasteiger partial charge in [0.25, 0.3) is 0 Å². The van der Waals surface area contributed by atoms with Crippen LogP contribution in [0.5, 0.6) is 0 Å². The smallest absolute Gasteiger partial charge is 0.0107 e. The van der Waals surface area contributed by atoms with Crippen LogP contribution in [0.2, 0.25) is 0 Å². The van der Waals surface area contributed by atoms with E-state index in [-0.39, 0.29) is 0 Å². The molecular formula is C19H33N. The van der Waals surface area contributed by atoms with Gasteiger partial charge in [-0.1, -0.05) is 77.6 Å². The molecule has 0 spiro atoms. The Bertz CT molecular complexity index is 339. The third kappa shape index (κ3) is 6.56. The van der Waals surface area contributed by atoms with Crippen molar-refractivity contribution in [2.45, 2.75) is 78.2 Å². The quantitative estimate of drug-likeness (QED) is 0.571. The second-order valence-corrected chi connectivity index (χ2v) is 6.20. The lowest BCUT2D eigenvalue weighted by Gasteiger charge is -2.18. The van der Waals surface area contributed by atoms with Crippen LogP contribution in [0, 0.1) is 0 Å². The minimum Gasteiger partial charge on any atom is -0.314 e. The van der Waals surface area contributed by atoms with E-state index >= 15 is 0 Å². The van der Waals surface area contributed by atoms with Crippen molar-refractivity contribution < 1.29 is 0 Å². The van der Waals surface area contributed by atoms with Gasteiger partial charge in [0.05, 0.1) is 0 Å². The summed E-state index contributed by atoms with van der Waals surface area (Å²) in [5.74, 6) is 0.627. The van der Waals surface area contributed by atoms with Crippen molar-refractivity contribution in [1.82, 2.24) is 5.32 Å². The summed E-state index contributed by atoms with van der Waals surface area (Å²) in [6.07, 6.45) is 7.91. The fourth-order valence-corrected chi connectivity index (χ4v) is 2.71. The van der Waals surface area contributed by atoms with E-state index in [2.05, 4.69) is 57.3 Å². The molecule has 0 aliphatic rings. The van der Waals surface area contributed by atoms with Crippen molar-refractivity contribution in [2.75, 3.05) is 6.54 Å². The first kappa shape index (κ1) is 17.2. The van der Waals surface area contributed by atoms with Crippen LogP contribution in [0.1, 0.15) is 76.8 Å². The number of unbranched alkanes of at least 4 members (excludes halogenated alkanes) is 3. The first-order valence-corrected chi connectivity index (χ1v) is 8.49. The number of hydrogen-bond acceptors (Lipinski definition) is 1. The summed E-state index contributed by atoms with van der Waals surface area (Å²) in [6.45, 7) is 10.1. The predicted molar refractivity (Wildman–Crippen MR) is 90.5 cm³/mol. The Morgan fingerprint density at radius 2 is 1.65 bits per heavy atom. The molecule has 0 saturated carbocycles. The summed E-state index contributed by atoms with van der Waals surface area (Å²) in [4.78, 5) is 0. The first-order chi connectivity index (χ1) is 9.67. The maximum Gasteiger partial charge on any atom is 0.0107 e. The topological polar surface area (TPSA) is 12.0 Å². The van der Waals surface area contributed by atoms with E-state index < -0.39 is 0 Å². The van der Waals surface area contributed by atoms with Gasteiger partial charge in [-0.2, -0.15) is 0 Å². The third-order valence-corrected chi connectivity index (χ3v) is 4.03. The van der Waals surface area contributed by atoms with Gasteiger partial charge in [-0.3, -0.25) is 0 Å². The normalized spacial score (nSPS) is 12.8. The molecule has 1 unspecified atom stereocenters. The average Bonchev–Trinajstić information content (AvgIpc) is 2.44. The summed E-state index contributed by atoms with van der Waals surface area (Å²) >= 11 is 0. The lowest BCUT2D eigenvalue weighted by molar-refractivity contribution is 0.463. The fraction of sp³-hybridized carbons (Fsp3) is 0.684. The molecule has 1 rings (SSSR count). The zero-order valence-electron chi connectivity index (χ0n) is 13.9. The van der Waals surface area contributed by atoms with Crippen molar-refractivity contribution in [3.8, 4) is 0 Å². The highest BCUT2D eigenvalue weighted by molar-refractivity contribution is 5.25. The molecule has 1 N–H and O–H groups in total. The van der Waals surface area contributed by atoms with Crippen LogP contribution in [0.25, 0.3) is 0 Å². The van der Waals surface area contributed by atoms with Gasteiger partial charge in [-0.25, -0.2) is 0 Å². The molecule has 1 atom stereocenters. The molecule has 0 fully saturated rings. The number of benzene rings is 1. The Balaban J connectivity index is 2.47. The molecule has 1 aromatic rings. The molecular weight excluding hydrogens is 242 g/mol. The monoisotopic (exact) mass is 275 g/mol. The number of hydrogen-bond donors (Lipinski definition) is 1. The van der Waals surface area contributed by atoms with Gasteiger partial charge in [0.2, 0.25) is 0 Å². The van der Waals surface area contributed by atoms with Crippen LogP contribution in [0.15, 0.2) is 24.3 Å². The van der Waals surface area contributed by atoms with E-state index in [9.17, 15) is 0 Å². The molecule has 114 valence electrons. The third-order valence-electron chi connectivity index (χ3n) is 4.03. The molecule has 0 aliphatic heterocycles. The highest BCUT2D eigenvalue weighted by Crippen LogP contribution is 2.16. The van der Waals surface area contributed by atoms with Crippen LogP contribution in [0.3, 0.4) is 0 Å². The van der Waals surface area contributed by atoms with Gasteiger partial charge in [0, 0.05) is 6.04 Å². The number of likely N-dealkylation sites (N-methyl/N-ethyl adjacent to an activating group) is 1. The Morgan fingerprint density at radius 3 is 2.20 bits per heavy atom. The lowest BCUT2D eigenvalue weighted by Crippen LogP contribution is -2.30. The minimum absolute atomic E-state index is 0.627. The van der Waals surface area contributed by atoms with E-state index in [0.29, 0.717) is 12.0 Å². The highest BCUT2D eigenvalue weighted by Gasteiger charge is 2.08. The van der Waals surface area contributed by atoms with E-state index in [0.717, 1.165) is 6.54 Å². The van der Waals surface area contributed by atoms with Gasteiger partial charge in [-0.05, 0) is 36.4 Å². The Labute approximate surface area is 126 Å². The van der Waals surface area contributed by atoms with E-state index in [4.69, 9.17) is 0 Å². The van der Waals surface area contributed by atoms with Crippen LogP contribution >= 0.6 is 0 Å². The summed E-state index contributed by atoms with van der Waals surface area (Å²) in [5.41, 5.74) is 2.91. The highest BCUT2D eigenvalue weighted by atomic mass is 14.9. The fourth-order valence-electron chi connectivity index (χ4n) is 2.71. The molecule has 0 saturated heterocycles. The Hall–Kier alpha value is -0.820. The van der Waals surface area contributed by atoms with Crippen LogP contribution < -0.4 is 5.32 Å². The molecule has 0 radical (unpaired) electrons. The molecule has 0 aliphatic carbocycles. The van der Waals surface area contributed by atoms with Crippen LogP contribution in [-0.2, 0) is 6.42 Å². The van der Waals surface area contributed by atoms with Crippen LogP contribution in [0.4, 0.5) is 0 Å². The maximum absolute atomic E-state index is 3.65. The number of rotatable bonds is 10. The molecule has 0 amide bonds. The van der Waals surface area contributed by atoms with E-state index in [1.165, 1.54) is 49.7 Å². The SMILES string of the molecule is CCCCCCC(Cc1ccc(C(C)C)cc1)NCC. The van der Waals surface area contributed by atoms with Gasteiger partial charge >= 0.3 is 0 Å². The van der Waals surface area contributed by atoms with E-state index in [1.54, 1.807) is 0 Å². The van der Waals surface area contributed by atoms with Crippen molar-refractivity contribution in [3.63, 3.8) is 0 Å². The molecule has 0 heterocycles. The second kappa shape index (κ2) is 9.99. The lowest BCUT2D eigenvalue weighted by atomic mass is 9.97. The zero-order valence-corrected chi connectivity index (χ0v) is 13.9. The molecule has 0 bridgehead atoms. The molecule has 0 aromatic heterocycles. The van der Waals surface area contributed by atoms with Crippen molar-refractivity contribution in [3.05, 3.63) is 35.4 Å². The van der Waals surface area contributed by atoms with Crippen molar-refractivity contribution in [1.29, 1.82) is 0 Å². The van der Waals surface area contributed by atoms with Gasteiger partial charge < -0.3 is 5.32 Å². The molecule has 1 nitrogen and oxygen atoms in total. The standard InChI is InChI=1S/C19H33N/c1-5-7-8-9-10-19(20-6-2)15-17-11-13-18(14-12-17)16(3)4/h11-14,16,19-20H,5-10,15H2,1-4H3. The maximum atomic E-state index is 3.65. The molecule has 1 heteroatoms. The Morgan fingerprint density at radius 1 is 0.950 bits per heavy atom. The summed E-state index contributed by atoms with van der Waals surface area (Å²) in [7, 11) is 0. The predicted octanol–water partition coefficient (Wildman–Crippen LogP) is 5.30. The Kier molecular flexibility index (Phi) is 8.60. The van der Waals surface area contributed by atoms with Crippen molar-refractivity contribution >= 4 is 0 Å². The average molecular weight is 275 g/mol. The number of nitrogens with one attached hydrogen (secondary N) is 1. The van der Waals surface area contributed by atoms with Crippen LogP contribution in [-0.4, -0.2) is 12.6 Å². The largest absolute Gasteiger partial charge is 0.314 e. The van der Waals surface area contributed by atoms with Crippen molar-refractivity contribution in [2.24, 2.45) is 0 Å². The molecule has 1 aromatic carbocycles. The second-order valence-electron chi connectivity index (χ2n) is 6.20. The summed E-state index contributed by atoms with van der Waals surface area (Å²) in [6, 6.07) is 9.85.